The Labute approximate surface area is 93.9 Å². The number of nitrogens with one attached hydrogen (secondary N) is 1. The summed E-state index contributed by atoms with van der Waals surface area (Å²) in [5, 5.41) is 2.76. The van der Waals surface area contributed by atoms with Crippen LogP contribution in [-0.2, 0) is 11.3 Å². The third kappa shape index (κ3) is 5.07. The molecule has 1 aromatic heterocycles. The largest absolute Gasteiger partial charge is 0.393 e. The van der Waals surface area contributed by atoms with Crippen LogP contribution in [0.5, 0.6) is 0 Å². The van der Waals surface area contributed by atoms with Gasteiger partial charge in [0.25, 0.3) is 0 Å². The lowest BCUT2D eigenvalue weighted by Gasteiger charge is -2.04. The van der Waals surface area contributed by atoms with Gasteiger partial charge in [0, 0.05) is 31.8 Å². The number of nitrogens with two attached hydrogens (primary N) is 1. The summed E-state index contributed by atoms with van der Waals surface area (Å²) in [4.78, 5) is 15.6. The van der Waals surface area contributed by atoms with Crippen LogP contribution in [0.4, 0.5) is 0 Å². The van der Waals surface area contributed by atoms with Gasteiger partial charge in [0.15, 0.2) is 0 Å². The second kappa shape index (κ2) is 6.08. The summed E-state index contributed by atoms with van der Waals surface area (Å²) in [6.45, 7) is 0.490. The average molecular weight is 223 g/mol. The van der Waals surface area contributed by atoms with Crippen molar-refractivity contribution in [1.82, 2.24) is 10.3 Å². The van der Waals surface area contributed by atoms with Gasteiger partial charge in [-0.25, -0.2) is 0 Å². The minimum atomic E-state index is -0.0494. The molecule has 0 aliphatic carbocycles. The highest BCUT2D eigenvalue weighted by Gasteiger charge is 2.01. The number of nitrogens with zero attached hydrogens (tertiary/aromatic N) is 1. The fraction of sp³-hybridized carbons (Fsp3) is 0.300. The van der Waals surface area contributed by atoms with Crippen LogP contribution in [0.25, 0.3) is 0 Å². The van der Waals surface area contributed by atoms with E-state index in [-0.39, 0.29) is 5.91 Å². The number of pyridine rings is 1. The molecule has 0 unspecified atom stereocenters. The summed E-state index contributed by atoms with van der Waals surface area (Å²) in [6, 6.07) is 3.73. The number of amides is 1. The van der Waals surface area contributed by atoms with E-state index >= 15 is 0 Å². The molecular weight excluding hydrogens is 210 g/mol. The van der Waals surface area contributed by atoms with Crippen molar-refractivity contribution in [2.24, 2.45) is 5.73 Å². The minimum absolute atomic E-state index is 0.0494. The van der Waals surface area contributed by atoms with Crippen molar-refractivity contribution in [3.8, 4) is 0 Å². The van der Waals surface area contributed by atoms with E-state index in [1.165, 1.54) is 0 Å². The summed E-state index contributed by atoms with van der Waals surface area (Å²) >= 11 is 4.68. The van der Waals surface area contributed by atoms with Gasteiger partial charge in [-0.15, -0.1) is 0 Å². The minimum Gasteiger partial charge on any atom is -0.393 e. The highest BCUT2D eigenvalue weighted by atomic mass is 32.1. The smallest absolute Gasteiger partial charge is 0.220 e. The fourth-order valence-electron chi connectivity index (χ4n) is 1.03. The second-order valence-corrected chi connectivity index (χ2v) is 3.63. The number of aromatic nitrogens is 1. The Morgan fingerprint density at radius 2 is 2.33 bits per heavy atom. The van der Waals surface area contributed by atoms with Crippen LogP contribution < -0.4 is 11.1 Å². The van der Waals surface area contributed by atoms with Crippen LogP contribution in [0.3, 0.4) is 0 Å². The molecule has 0 saturated heterocycles. The van der Waals surface area contributed by atoms with Crippen molar-refractivity contribution in [2.75, 3.05) is 0 Å². The molecule has 5 heteroatoms. The predicted molar refractivity (Wildman–Crippen MR) is 62.1 cm³/mol. The van der Waals surface area contributed by atoms with Crippen LogP contribution in [0, 0.1) is 0 Å². The predicted octanol–water partition coefficient (Wildman–Crippen LogP) is 0.764. The van der Waals surface area contributed by atoms with Gasteiger partial charge in [0.1, 0.15) is 0 Å². The number of hydrogen-bond acceptors (Lipinski definition) is 3. The van der Waals surface area contributed by atoms with Gasteiger partial charge in [-0.3, -0.25) is 9.78 Å². The maximum Gasteiger partial charge on any atom is 0.220 e. The van der Waals surface area contributed by atoms with E-state index in [1.54, 1.807) is 12.4 Å². The molecule has 0 aliphatic rings. The molecule has 3 N–H and O–H groups in total. The molecule has 0 fully saturated rings. The Kier molecular flexibility index (Phi) is 4.70. The Hall–Kier alpha value is -1.49. The zero-order valence-corrected chi connectivity index (χ0v) is 9.09. The molecule has 0 saturated carbocycles. The molecule has 0 spiro atoms. The van der Waals surface area contributed by atoms with Crippen LogP contribution in [0.1, 0.15) is 18.4 Å². The van der Waals surface area contributed by atoms with Crippen LogP contribution in [-0.4, -0.2) is 15.9 Å². The Bertz CT molecular complexity index is 340. The van der Waals surface area contributed by atoms with Gasteiger partial charge in [0.2, 0.25) is 5.91 Å². The molecule has 1 aromatic rings. The molecule has 1 rings (SSSR count). The highest BCUT2D eigenvalue weighted by molar-refractivity contribution is 7.80. The van der Waals surface area contributed by atoms with Gasteiger partial charge >= 0.3 is 0 Å². The van der Waals surface area contributed by atoms with Crippen LogP contribution in [0.15, 0.2) is 24.5 Å². The molecule has 0 atom stereocenters. The van der Waals surface area contributed by atoms with E-state index in [1.807, 2.05) is 12.1 Å². The first-order valence-corrected chi connectivity index (χ1v) is 5.03. The summed E-state index contributed by atoms with van der Waals surface area (Å²) in [5.74, 6) is -0.0494. The van der Waals surface area contributed by atoms with Crippen molar-refractivity contribution in [3.63, 3.8) is 0 Å². The summed E-state index contributed by atoms with van der Waals surface area (Å²) in [7, 11) is 0. The number of rotatable bonds is 5. The van der Waals surface area contributed by atoms with E-state index < -0.39 is 0 Å². The molecule has 0 radical (unpaired) electrons. The second-order valence-electron chi connectivity index (χ2n) is 3.10. The lowest BCUT2D eigenvalue weighted by atomic mass is 10.2. The van der Waals surface area contributed by atoms with E-state index in [9.17, 15) is 4.79 Å². The molecule has 0 aromatic carbocycles. The standard InChI is InChI=1S/C10H13N3OS/c11-9(15)3-4-10(14)13-7-8-2-1-5-12-6-8/h1-2,5-6H,3-4,7H2,(H2,11,15)(H,13,14). The van der Waals surface area contributed by atoms with Crippen molar-refractivity contribution in [3.05, 3.63) is 30.1 Å². The van der Waals surface area contributed by atoms with E-state index in [0.29, 0.717) is 24.4 Å². The average Bonchev–Trinajstić information content (AvgIpc) is 2.25. The zero-order valence-electron chi connectivity index (χ0n) is 8.27. The fourth-order valence-corrected chi connectivity index (χ4v) is 1.13. The third-order valence-corrected chi connectivity index (χ3v) is 2.02. The molecule has 1 heterocycles. The summed E-state index contributed by atoms with van der Waals surface area (Å²) in [6.07, 6.45) is 4.20. The molecule has 1 amide bonds. The number of carbonyl (C=O) groups is 1. The Balaban J connectivity index is 2.26. The molecule has 15 heavy (non-hydrogen) atoms. The van der Waals surface area contributed by atoms with Gasteiger partial charge in [-0.1, -0.05) is 18.3 Å². The summed E-state index contributed by atoms with van der Waals surface area (Å²) in [5.41, 5.74) is 6.26. The third-order valence-electron chi connectivity index (χ3n) is 1.81. The first kappa shape index (κ1) is 11.6. The van der Waals surface area contributed by atoms with Crippen LogP contribution in [0.2, 0.25) is 0 Å². The summed E-state index contributed by atoms with van der Waals surface area (Å²) < 4.78 is 0. The number of carbonyl (C=O) groups excluding carboxylic acids is 1. The Morgan fingerprint density at radius 1 is 1.53 bits per heavy atom. The lowest BCUT2D eigenvalue weighted by Crippen LogP contribution is -2.24. The van der Waals surface area contributed by atoms with Gasteiger partial charge < -0.3 is 11.1 Å². The highest BCUT2D eigenvalue weighted by Crippen LogP contribution is 1.95. The maximum absolute atomic E-state index is 11.3. The topological polar surface area (TPSA) is 68.0 Å². The molecule has 80 valence electrons. The molecule has 0 bridgehead atoms. The van der Waals surface area contributed by atoms with Gasteiger partial charge in [-0.05, 0) is 11.6 Å². The quantitative estimate of drug-likeness (QED) is 0.723. The number of hydrogen-bond donors (Lipinski definition) is 2. The van der Waals surface area contributed by atoms with Gasteiger partial charge in [0.05, 0.1) is 4.99 Å². The van der Waals surface area contributed by atoms with E-state index in [0.717, 1.165) is 5.56 Å². The van der Waals surface area contributed by atoms with Crippen molar-refractivity contribution < 1.29 is 4.79 Å². The maximum atomic E-state index is 11.3. The molecule has 4 nitrogen and oxygen atoms in total. The van der Waals surface area contributed by atoms with Crippen molar-refractivity contribution in [2.45, 2.75) is 19.4 Å². The lowest BCUT2D eigenvalue weighted by molar-refractivity contribution is -0.121. The first-order chi connectivity index (χ1) is 7.18. The van der Waals surface area contributed by atoms with Crippen LogP contribution >= 0.6 is 12.2 Å². The molecule has 0 aliphatic heterocycles. The SMILES string of the molecule is NC(=S)CCC(=O)NCc1cccnc1. The van der Waals surface area contributed by atoms with Gasteiger partial charge in [-0.2, -0.15) is 0 Å². The van der Waals surface area contributed by atoms with E-state index in [2.05, 4.69) is 22.5 Å². The number of thiocarbonyl (C=S) groups is 1. The Morgan fingerprint density at radius 3 is 2.93 bits per heavy atom. The molecular formula is C10H13N3OS. The van der Waals surface area contributed by atoms with E-state index in [4.69, 9.17) is 5.73 Å². The van der Waals surface area contributed by atoms with Crippen molar-refractivity contribution in [1.29, 1.82) is 0 Å². The monoisotopic (exact) mass is 223 g/mol. The normalized spacial score (nSPS) is 9.60. The zero-order chi connectivity index (χ0) is 11.1. The first-order valence-electron chi connectivity index (χ1n) is 4.62. The van der Waals surface area contributed by atoms with Crippen molar-refractivity contribution >= 4 is 23.1 Å².